The molecule has 0 bridgehead atoms. The maximum Gasteiger partial charge on any atom is 0.267 e. The van der Waals surface area contributed by atoms with Gasteiger partial charge in [-0.2, -0.15) is 0 Å². The number of carbonyl (C=O) groups is 1. The number of rotatable bonds is 5. The molecule has 1 rings (SSSR count). The zero-order valence-electron chi connectivity index (χ0n) is 8.25. The van der Waals surface area contributed by atoms with Gasteiger partial charge in [0.05, 0.1) is 0 Å². The Kier molecular flexibility index (Phi) is 4.90. The number of alkyl halides is 1. The predicted octanol–water partition coefficient (Wildman–Crippen LogP) is 1.12. The molecule has 2 N–H and O–H groups in total. The van der Waals surface area contributed by atoms with Gasteiger partial charge in [0.25, 0.3) is 5.91 Å². The smallest absolute Gasteiger partial charge is 0.267 e. The molecule has 0 unspecified atom stereocenters. The standard InChI is InChI=1S/C10H13ClN2O2/c11-6-1-2-7-12-10(15)8-4-3-5-9(14)13-8/h3-5H,1-2,6-7H2,(H,12,15)(H,13,14). The van der Waals surface area contributed by atoms with Gasteiger partial charge in [0.15, 0.2) is 0 Å². The fourth-order valence-electron chi connectivity index (χ4n) is 1.10. The zero-order chi connectivity index (χ0) is 11.1. The van der Waals surface area contributed by atoms with Crippen LogP contribution in [0.3, 0.4) is 0 Å². The molecule has 1 aromatic heterocycles. The van der Waals surface area contributed by atoms with Crippen LogP contribution in [-0.2, 0) is 0 Å². The van der Waals surface area contributed by atoms with Crippen LogP contribution < -0.4 is 10.9 Å². The number of carbonyl (C=O) groups excluding carboxylic acids is 1. The summed E-state index contributed by atoms with van der Waals surface area (Å²) in [6.45, 7) is 0.572. The van der Waals surface area contributed by atoms with Crippen LogP contribution in [-0.4, -0.2) is 23.3 Å². The monoisotopic (exact) mass is 228 g/mol. The summed E-state index contributed by atoms with van der Waals surface area (Å²) in [5, 5.41) is 2.69. The zero-order valence-corrected chi connectivity index (χ0v) is 9.01. The minimum absolute atomic E-state index is 0.262. The molecule has 0 saturated heterocycles. The molecule has 0 fully saturated rings. The highest BCUT2D eigenvalue weighted by Gasteiger charge is 2.04. The fourth-order valence-corrected chi connectivity index (χ4v) is 1.29. The minimum atomic E-state index is -0.275. The lowest BCUT2D eigenvalue weighted by atomic mass is 10.3. The summed E-state index contributed by atoms with van der Waals surface area (Å²) < 4.78 is 0. The first-order valence-corrected chi connectivity index (χ1v) is 5.31. The van der Waals surface area contributed by atoms with E-state index in [1.54, 1.807) is 12.1 Å². The van der Waals surface area contributed by atoms with Gasteiger partial charge in [-0.15, -0.1) is 11.6 Å². The molecule has 4 nitrogen and oxygen atoms in total. The highest BCUT2D eigenvalue weighted by Crippen LogP contribution is 1.92. The SMILES string of the molecule is O=C(NCCCCCl)c1cccc(=O)[nH]1. The first-order valence-electron chi connectivity index (χ1n) is 4.77. The summed E-state index contributed by atoms with van der Waals surface area (Å²) in [7, 11) is 0. The second-order valence-electron chi connectivity index (χ2n) is 3.08. The lowest BCUT2D eigenvalue weighted by Crippen LogP contribution is -2.27. The van der Waals surface area contributed by atoms with Crippen molar-refractivity contribution in [2.45, 2.75) is 12.8 Å². The van der Waals surface area contributed by atoms with Gasteiger partial charge in [-0.05, 0) is 18.9 Å². The third-order valence-corrected chi connectivity index (χ3v) is 2.13. The van der Waals surface area contributed by atoms with E-state index >= 15 is 0 Å². The summed E-state index contributed by atoms with van der Waals surface area (Å²) in [6.07, 6.45) is 1.71. The first-order chi connectivity index (χ1) is 7.24. The molecule has 1 aromatic rings. The number of aromatic amines is 1. The second-order valence-corrected chi connectivity index (χ2v) is 3.46. The molecular formula is C10H13ClN2O2. The molecule has 0 spiro atoms. The van der Waals surface area contributed by atoms with Crippen molar-refractivity contribution < 1.29 is 4.79 Å². The van der Waals surface area contributed by atoms with E-state index in [4.69, 9.17) is 11.6 Å². The van der Waals surface area contributed by atoms with Gasteiger partial charge in [-0.3, -0.25) is 9.59 Å². The number of nitrogens with one attached hydrogen (secondary N) is 2. The van der Waals surface area contributed by atoms with Crippen molar-refractivity contribution in [2.75, 3.05) is 12.4 Å². The number of H-pyrrole nitrogens is 1. The maximum absolute atomic E-state index is 11.4. The predicted molar refractivity (Wildman–Crippen MR) is 59.3 cm³/mol. The highest BCUT2D eigenvalue weighted by atomic mass is 35.5. The van der Waals surface area contributed by atoms with Crippen molar-refractivity contribution in [1.82, 2.24) is 10.3 Å². The van der Waals surface area contributed by atoms with E-state index < -0.39 is 0 Å². The van der Waals surface area contributed by atoms with Gasteiger partial charge in [0.1, 0.15) is 5.69 Å². The van der Waals surface area contributed by atoms with Crippen LogP contribution in [0.1, 0.15) is 23.3 Å². The lowest BCUT2D eigenvalue weighted by Gasteiger charge is -2.03. The summed E-state index contributed by atoms with van der Waals surface area (Å²) in [5.41, 5.74) is 0.0109. The fraction of sp³-hybridized carbons (Fsp3) is 0.400. The summed E-state index contributed by atoms with van der Waals surface area (Å²) in [5.74, 6) is 0.333. The maximum atomic E-state index is 11.4. The molecule has 0 radical (unpaired) electrons. The van der Waals surface area contributed by atoms with Crippen molar-refractivity contribution >= 4 is 17.5 Å². The molecule has 1 heterocycles. The van der Waals surface area contributed by atoms with Crippen LogP contribution in [0.5, 0.6) is 0 Å². The van der Waals surface area contributed by atoms with E-state index in [1.165, 1.54) is 6.07 Å². The number of halogens is 1. The Balaban J connectivity index is 2.44. The van der Waals surface area contributed by atoms with Crippen molar-refractivity contribution in [1.29, 1.82) is 0 Å². The Morgan fingerprint density at radius 1 is 1.40 bits per heavy atom. The molecule has 0 aliphatic rings. The van der Waals surface area contributed by atoms with E-state index in [9.17, 15) is 9.59 Å². The molecule has 0 aliphatic carbocycles. The van der Waals surface area contributed by atoms with Crippen LogP contribution >= 0.6 is 11.6 Å². The van der Waals surface area contributed by atoms with Crippen molar-refractivity contribution in [3.05, 3.63) is 34.2 Å². The summed E-state index contributed by atoms with van der Waals surface area (Å²) in [6, 6.07) is 4.48. The Morgan fingerprint density at radius 2 is 2.20 bits per heavy atom. The van der Waals surface area contributed by atoms with Gasteiger partial charge in [-0.1, -0.05) is 6.07 Å². The number of unbranched alkanes of at least 4 members (excludes halogenated alkanes) is 1. The molecule has 0 aliphatic heterocycles. The van der Waals surface area contributed by atoms with Gasteiger partial charge in [-0.25, -0.2) is 0 Å². The second kappa shape index (κ2) is 6.24. The van der Waals surface area contributed by atoms with E-state index in [2.05, 4.69) is 10.3 Å². The molecule has 0 atom stereocenters. The topological polar surface area (TPSA) is 62.0 Å². The Hall–Kier alpha value is -1.29. The Morgan fingerprint density at radius 3 is 2.87 bits per heavy atom. The van der Waals surface area contributed by atoms with Crippen molar-refractivity contribution in [2.24, 2.45) is 0 Å². The van der Waals surface area contributed by atoms with Crippen molar-refractivity contribution in [3.8, 4) is 0 Å². The van der Waals surface area contributed by atoms with E-state index in [1.807, 2.05) is 0 Å². The average molecular weight is 229 g/mol. The average Bonchev–Trinajstić information content (AvgIpc) is 2.24. The highest BCUT2D eigenvalue weighted by molar-refractivity contribution is 6.17. The largest absolute Gasteiger partial charge is 0.351 e. The number of aromatic nitrogens is 1. The van der Waals surface area contributed by atoms with Gasteiger partial charge < -0.3 is 10.3 Å². The lowest BCUT2D eigenvalue weighted by molar-refractivity contribution is 0.0948. The third kappa shape index (κ3) is 4.16. The number of hydrogen-bond donors (Lipinski definition) is 2. The summed E-state index contributed by atoms with van der Waals surface area (Å²) in [4.78, 5) is 24.8. The molecule has 1 amide bonds. The van der Waals surface area contributed by atoms with Gasteiger partial charge in [0, 0.05) is 18.5 Å². The molecule has 0 saturated carbocycles. The van der Waals surface area contributed by atoms with Gasteiger partial charge in [0.2, 0.25) is 5.56 Å². The van der Waals surface area contributed by atoms with Crippen LogP contribution in [0, 0.1) is 0 Å². The molecule has 0 aromatic carbocycles. The van der Waals surface area contributed by atoms with Crippen LogP contribution in [0.2, 0.25) is 0 Å². The number of amides is 1. The van der Waals surface area contributed by atoms with E-state index in [0.29, 0.717) is 12.4 Å². The minimum Gasteiger partial charge on any atom is -0.351 e. The number of hydrogen-bond acceptors (Lipinski definition) is 2. The molecule has 15 heavy (non-hydrogen) atoms. The van der Waals surface area contributed by atoms with E-state index in [0.717, 1.165) is 12.8 Å². The molecule has 82 valence electrons. The Labute approximate surface area is 92.7 Å². The molecule has 5 heteroatoms. The van der Waals surface area contributed by atoms with Crippen LogP contribution in [0.4, 0.5) is 0 Å². The van der Waals surface area contributed by atoms with E-state index in [-0.39, 0.29) is 17.2 Å². The van der Waals surface area contributed by atoms with Crippen LogP contribution in [0.25, 0.3) is 0 Å². The Bertz CT molecular complexity index is 376. The third-order valence-electron chi connectivity index (χ3n) is 1.86. The quantitative estimate of drug-likeness (QED) is 0.586. The van der Waals surface area contributed by atoms with Crippen LogP contribution in [0.15, 0.2) is 23.0 Å². The molecular weight excluding hydrogens is 216 g/mol. The van der Waals surface area contributed by atoms with Crippen molar-refractivity contribution in [3.63, 3.8) is 0 Å². The summed E-state index contributed by atoms with van der Waals surface area (Å²) >= 11 is 5.49. The number of pyridine rings is 1. The first kappa shape index (κ1) is 11.8. The normalized spacial score (nSPS) is 9.93. The van der Waals surface area contributed by atoms with Gasteiger partial charge >= 0.3 is 0 Å².